The summed E-state index contributed by atoms with van der Waals surface area (Å²) in [5.74, 6) is 0.637. The fourth-order valence-electron chi connectivity index (χ4n) is 3.28. The summed E-state index contributed by atoms with van der Waals surface area (Å²) in [6.07, 6.45) is 0.665. The van der Waals surface area contributed by atoms with Gasteiger partial charge in [-0.2, -0.15) is 5.10 Å². The van der Waals surface area contributed by atoms with Crippen molar-refractivity contribution in [3.63, 3.8) is 0 Å². The molecule has 0 heterocycles. The molecule has 0 fully saturated rings. The SMILES string of the molecule is C[C@@H](Oc1ccc(OCc2ccccc2)cc1)C(=O)N/N=C\c1cccc(OC(=O)c2ccc(Cl)cc2)c1. The van der Waals surface area contributed by atoms with E-state index in [2.05, 4.69) is 10.5 Å². The summed E-state index contributed by atoms with van der Waals surface area (Å²) in [6, 6.07) is 30.1. The number of carbonyl (C=O) groups is 2. The molecule has 0 bridgehead atoms. The minimum absolute atomic E-state index is 0.341. The lowest BCUT2D eigenvalue weighted by Crippen LogP contribution is -2.33. The number of ether oxygens (including phenoxy) is 3. The van der Waals surface area contributed by atoms with E-state index >= 15 is 0 Å². The maximum atomic E-state index is 12.4. The van der Waals surface area contributed by atoms with Crippen LogP contribution in [-0.4, -0.2) is 24.2 Å². The molecule has 0 aliphatic heterocycles. The van der Waals surface area contributed by atoms with E-state index in [1.54, 1.807) is 79.7 Å². The zero-order valence-corrected chi connectivity index (χ0v) is 21.3. The van der Waals surface area contributed by atoms with E-state index in [0.29, 0.717) is 40.0 Å². The van der Waals surface area contributed by atoms with E-state index in [1.807, 2.05) is 30.3 Å². The van der Waals surface area contributed by atoms with Gasteiger partial charge in [0.15, 0.2) is 6.10 Å². The highest BCUT2D eigenvalue weighted by Gasteiger charge is 2.14. The Morgan fingerprint density at radius 1 is 0.868 bits per heavy atom. The van der Waals surface area contributed by atoms with Crippen molar-refractivity contribution in [2.24, 2.45) is 5.10 Å². The minimum Gasteiger partial charge on any atom is -0.489 e. The molecule has 1 N–H and O–H groups in total. The number of amides is 1. The third kappa shape index (κ3) is 7.94. The van der Waals surface area contributed by atoms with E-state index in [1.165, 1.54) is 6.21 Å². The van der Waals surface area contributed by atoms with Gasteiger partial charge in [0.25, 0.3) is 5.91 Å². The first-order valence-corrected chi connectivity index (χ1v) is 12.2. The third-order valence-corrected chi connectivity index (χ3v) is 5.54. The van der Waals surface area contributed by atoms with E-state index in [4.69, 9.17) is 25.8 Å². The van der Waals surface area contributed by atoms with Crippen LogP contribution in [0.1, 0.15) is 28.4 Å². The summed E-state index contributed by atoms with van der Waals surface area (Å²) in [4.78, 5) is 24.7. The molecule has 8 heteroatoms. The smallest absolute Gasteiger partial charge is 0.343 e. The van der Waals surface area contributed by atoms with Crippen LogP contribution in [0.2, 0.25) is 5.02 Å². The second-order valence-corrected chi connectivity index (χ2v) is 8.65. The minimum atomic E-state index is -0.782. The van der Waals surface area contributed by atoms with Crippen LogP contribution in [-0.2, 0) is 11.4 Å². The average molecular weight is 529 g/mol. The van der Waals surface area contributed by atoms with Gasteiger partial charge in [-0.3, -0.25) is 4.79 Å². The van der Waals surface area contributed by atoms with Crippen molar-refractivity contribution in [2.75, 3.05) is 0 Å². The van der Waals surface area contributed by atoms with E-state index < -0.39 is 18.0 Å². The molecule has 0 radical (unpaired) electrons. The molecule has 1 atom stereocenters. The van der Waals surface area contributed by atoms with Gasteiger partial charge in [0, 0.05) is 5.02 Å². The molecule has 0 saturated carbocycles. The Morgan fingerprint density at radius 2 is 1.58 bits per heavy atom. The summed E-state index contributed by atoms with van der Waals surface area (Å²) in [5.41, 5.74) is 4.54. The first-order valence-electron chi connectivity index (χ1n) is 11.8. The molecule has 4 rings (SSSR count). The third-order valence-electron chi connectivity index (χ3n) is 5.29. The van der Waals surface area contributed by atoms with Gasteiger partial charge in [-0.05, 0) is 78.7 Å². The van der Waals surface area contributed by atoms with Crippen LogP contribution in [0.25, 0.3) is 0 Å². The largest absolute Gasteiger partial charge is 0.489 e. The summed E-state index contributed by atoms with van der Waals surface area (Å²) in [5, 5.41) is 4.51. The predicted molar refractivity (Wildman–Crippen MR) is 146 cm³/mol. The number of esters is 1. The number of nitrogens with one attached hydrogen (secondary N) is 1. The van der Waals surface area contributed by atoms with Crippen molar-refractivity contribution in [1.29, 1.82) is 0 Å². The van der Waals surface area contributed by atoms with E-state index in [0.717, 1.165) is 5.56 Å². The number of hydrazone groups is 1. The topological polar surface area (TPSA) is 86.2 Å². The van der Waals surface area contributed by atoms with Crippen molar-refractivity contribution < 1.29 is 23.8 Å². The molecule has 38 heavy (non-hydrogen) atoms. The number of rotatable bonds is 10. The zero-order chi connectivity index (χ0) is 26.7. The van der Waals surface area contributed by atoms with Gasteiger partial charge in [-0.1, -0.05) is 54.1 Å². The van der Waals surface area contributed by atoms with Crippen LogP contribution in [0, 0.1) is 0 Å². The molecule has 0 aliphatic carbocycles. The van der Waals surface area contributed by atoms with Crippen LogP contribution in [0.3, 0.4) is 0 Å². The molecule has 4 aromatic rings. The zero-order valence-electron chi connectivity index (χ0n) is 20.5. The lowest BCUT2D eigenvalue weighted by atomic mass is 10.2. The van der Waals surface area contributed by atoms with Gasteiger partial charge in [0.05, 0.1) is 11.8 Å². The number of benzene rings is 4. The van der Waals surface area contributed by atoms with E-state index in [9.17, 15) is 9.59 Å². The van der Waals surface area contributed by atoms with Crippen LogP contribution < -0.4 is 19.6 Å². The highest BCUT2D eigenvalue weighted by Crippen LogP contribution is 2.20. The Bertz CT molecular complexity index is 1390. The first-order chi connectivity index (χ1) is 18.5. The van der Waals surface area contributed by atoms with Crippen molar-refractivity contribution >= 4 is 29.7 Å². The van der Waals surface area contributed by atoms with Gasteiger partial charge < -0.3 is 14.2 Å². The second-order valence-electron chi connectivity index (χ2n) is 8.21. The number of hydrogen-bond donors (Lipinski definition) is 1. The Morgan fingerprint density at radius 3 is 2.32 bits per heavy atom. The Kier molecular flexibility index (Phi) is 9.10. The molecule has 0 saturated heterocycles. The summed E-state index contributed by atoms with van der Waals surface area (Å²) >= 11 is 5.85. The summed E-state index contributed by atoms with van der Waals surface area (Å²) in [7, 11) is 0. The molecule has 0 unspecified atom stereocenters. The maximum Gasteiger partial charge on any atom is 0.343 e. The van der Waals surface area contributed by atoms with Crippen LogP contribution >= 0.6 is 11.6 Å². The molecule has 0 spiro atoms. The standard InChI is InChI=1S/C30H25ClN2O5/c1-21(37-27-16-14-26(15-17-27)36-20-22-6-3-2-4-7-22)29(34)33-32-19-23-8-5-9-28(18-23)38-30(35)24-10-12-25(31)13-11-24/h2-19,21H,20H2,1H3,(H,33,34)/b32-19-/t21-/m1/s1. The number of carbonyl (C=O) groups excluding carboxylic acids is 2. The van der Waals surface area contributed by atoms with Gasteiger partial charge in [-0.25, -0.2) is 10.2 Å². The molecule has 4 aromatic carbocycles. The highest BCUT2D eigenvalue weighted by atomic mass is 35.5. The summed E-state index contributed by atoms with van der Waals surface area (Å²) in [6.45, 7) is 2.09. The van der Waals surface area contributed by atoms with Crippen molar-refractivity contribution in [2.45, 2.75) is 19.6 Å². The Hall–Kier alpha value is -4.62. The maximum absolute atomic E-state index is 12.4. The van der Waals surface area contributed by atoms with Gasteiger partial charge in [-0.15, -0.1) is 0 Å². The average Bonchev–Trinajstić information content (AvgIpc) is 2.93. The normalized spacial score (nSPS) is 11.5. The van der Waals surface area contributed by atoms with E-state index in [-0.39, 0.29) is 0 Å². The fraction of sp³-hybridized carbons (Fsp3) is 0.100. The van der Waals surface area contributed by atoms with Gasteiger partial charge in [0.2, 0.25) is 0 Å². The Balaban J connectivity index is 1.24. The van der Waals surface area contributed by atoms with Crippen molar-refractivity contribution in [1.82, 2.24) is 5.43 Å². The molecule has 192 valence electrons. The van der Waals surface area contributed by atoms with Crippen molar-refractivity contribution in [3.8, 4) is 17.2 Å². The predicted octanol–water partition coefficient (Wildman–Crippen LogP) is 6.06. The quantitative estimate of drug-likeness (QED) is 0.117. The summed E-state index contributed by atoms with van der Waals surface area (Å²) < 4.78 is 16.9. The molecule has 0 aromatic heterocycles. The number of halogens is 1. The molecular weight excluding hydrogens is 504 g/mol. The van der Waals surface area contributed by atoms with Crippen LogP contribution in [0.5, 0.6) is 17.2 Å². The van der Waals surface area contributed by atoms with Gasteiger partial charge >= 0.3 is 5.97 Å². The highest BCUT2D eigenvalue weighted by molar-refractivity contribution is 6.30. The molecule has 0 aliphatic rings. The lowest BCUT2D eigenvalue weighted by molar-refractivity contribution is -0.127. The molecule has 1 amide bonds. The van der Waals surface area contributed by atoms with Crippen LogP contribution in [0.4, 0.5) is 0 Å². The Labute approximate surface area is 225 Å². The molecular formula is C30H25ClN2O5. The molecule has 7 nitrogen and oxygen atoms in total. The number of nitrogens with zero attached hydrogens (tertiary/aromatic N) is 1. The fourth-order valence-corrected chi connectivity index (χ4v) is 3.41. The van der Waals surface area contributed by atoms with Crippen LogP contribution in [0.15, 0.2) is 108 Å². The van der Waals surface area contributed by atoms with Gasteiger partial charge in [0.1, 0.15) is 23.9 Å². The second kappa shape index (κ2) is 13.1. The lowest BCUT2D eigenvalue weighted by Gasteiger charge is -2.13. The first kappa shape index (κ1) is 26.4. The monoisotopic (exact) mass is 528 g/mol. The number of hydrogen-bond acceptors (Lipinski definition) is 6. The van der Waals surface area contributed by atoms with Crippen molar-refractivity contribution in [3.05, 3.63) is 125 Å².